The van der Waals surface area contributed by atoms with Crippen LogP contribution in [-0.2, 0) is 0 Å². The topological polar surface area (TPSA) is 59.2 Å². The standard InChI is InChI=1S/C22H20ClNO3S/c1-2-3-12-27-16-10-8-15(9-11-16)13-20-22(26)24-21(28-20)14-19(25)17-6-4-5-7-18(17)23/h4-11,13-14H,2-3,12H2,1H3,(H,24,26)/b20-13-,21-14-. The summed E-state index contributed by atoms with van der Waals surface area (Å²) in [6.45, 7) is 2.82. The molecule has 0 atom stereocenters. The van der Waals surface area contributed by atoms with Gasteiger partial charge in [-0.3, -0.25) is 9.59 Å². The van der Waals surface area contributed by atoms with Crippen molar-refractivity contribution in [2.75, 3.05) is 6.61 Å². The van der Waals surface area contributed by atoms with E-state index in [9.17, 15) is 9.59 Å². The van der Waals surface area contributed by atoms with Gasteiger partial charge in [0.25, 0.3) is 5.56 Å². The Hall–Kier alpha value is -2.63. The Morgan fingerprint density at radius 2 is 1.93 bits per heavy atom. The van der Waals surface area contributed by atoms with Crippen LogP contribution in [0.3, 0.4) is 0 Å². The van der Waals surface area contributed by atoms with Crippen LogP contribution in [0, 0.1) is 0 Å². The highest BCUT2D eigenvalue weighted by atomic mass is 35.5. The number of thiazole rings is 1. The highest BCUT2D eigenvalue weighted by Gasteiger charge is 2.07. The SMILES string of the molecule is CCCCOc1ccc(/C=c2\s/c(=C\C(=O)c3ccccc3Cl)[nH]c2=O)cc1. The van der Waals surface area contributed by atoms with Gasteiger partial charge in [0, 0.05) is 11.6 Å². The molecular weight excluding hydrogens is 394 g/mol. The summed E-state index contributed by atoms with van der Waals surface area (Å²) in [5.74, 6) is 0.563. The van der Waals surface area contributed by atoms with E-state index in [2.05, 4.69) is 11.9 Å². The molecule has 0 saturated heterocycles. The predicted octanol–water partition coefficient (Wildman–Crippen LogP) is 3.76. The smallest absolute Gasteiger partial charge is 0.266 e. The summed E-state index contributed by atoms with van der Waals surface area (Å²) in [4.78, 5) is 27.3. The van der Waals surface area contributed by atoms with Crippen LogP contribution < -0.4 is 19.5 Å². The molecule has 28 heavy (non-hydrogen) atoms. The maximum atomic E-state index is 12.4. The van der Waals surface area contributed by atoms with E-state index < -0.39 is 0 Å². The lowest BCUT2D eigenvalue weighted by Crippen LogP contribution is -2.20. The molecule has 0 radical (unpaired) electrons. The molecule has 1 heterocycles. The fourth-order valence-electron chi connectivity index (χ4n) is 2.53. The maximum absolute atomic E-state index is 12.4. The third-order valence-corrected chi connectivity index (χ3v) is 5.32. The normalized spacial score (nSPS) is 12.4. The number of unbranched alkanes of at least 4 members (excludes halogenated alkanes) is 1. The molecule has 4 nitrogen and oxygen atoms in total. The van der Waals surface area contributed by atoms with Gasteiger partial charge in [-0.2, -0.15) is 0 Å². The Balaban J connectivity index is 1.83. The minimum absolute atomic E-state index is 0.230. The van der Waals surface area contributed by atoms with E-state index in [1.807, 2.05) is 24.3 Å². The van der Waals surface area contributed by atoms with Crippen molar-refractivity contribution in [3.8, 4) is 5.75 Å². The first-order valence-electron chi connectivity index (χ1n) is 9.01. The number of nitrogens with one attached hydrogen (secondary N) is 1. The van der Waals surface area contributed by atoms with E-state index in [0.29, 0.717) is 26.4 Å². The van der Waals surface area contributed by atoms with Gasteiger partial charge >= 0.3 is 0 Å². The number of aromatic nitrogens is 1. The number of aromatic amines is 1. The molecule has 0 aliphatic carbocycles. The summed E-state index contributed by atoms with van der Waals surface area (Å²) in [5, 5.41) is 0.385. The fourth-order valence-corrected chi connectivity index (χ4v) is 3.64. The number of ketones is 1. The van der Waals surface area contributed by atoms with Crippen molar-refractivity contribution in [3.05, 3.63) is 84.2 Å². The van der Waals surface area contributed by atoms with Crippen LogP contribution >= 0.6 is 22.9 Å². The van der Waals surface area contributed by atoms with Gasteiger partial charge in [0.1, 0.15) is 5.75 Å². The lowest BCUT2D eigenvalue weighted by Gasteiger charge is -2.04. The van der Waals surface area contributed by atoms with Gasteiger partial charge in [0.15, 0.2) is 5.78 Å². The lowest BCUT2D eigenvalue weighted by molar-refractivity contribution is 0.106. The molecule has 1 aromatic heterocycles. The van der Waals surface area contributed by atoms with Crippen LogP contribution in [0.15, 0.2) is 53.3 Å². The van der Waals surface area contributed by atoms with E-state index in [0.717, 1.165) is 24.2 Å². The number of hydrogen-bond acceptors (Lipinski definition) is 4. The van der Waals surface area contributed by atoms with Gasteiger partial charge in [0.05, 0.1) is 20.8 Å². The molecule has 6 heteroatoms. The Kier molecular flexibility index (Phi) is 6.85. The summed E-state index contributed by atoms with van der Waals surface area (Å²) in [5.41, 5.74) is 1.06. The molecule has 0 saturated carbocycles. The van der Waals surface area contributed by atoms with Crippen molar-refractivity contribution < 1.29 is 9.53 Å². The monoisotopic (exact) mass is 413 g/mol. The first-order chi connectivity index (χ1) is 13.6. The van der Waals surface area contributed by atoms with Crippen LogP contribution in [0.25, 0.3) is 12.2 Å². The number of rotatable bonds is 7. The minimum Gasteiger partial charge on any atom is -0.494 e. The van der Waals surface area contributed by atoms with E-state index in [4.69, 9.17) is 16.3 Å². The molecule has 0 spiro atoms. The van der Waals surface area contributed by atoms with Crippen molar-refractivity contribution in [2.45, 2.75) is 19.8 Å². The van der Waals surface area contributed by atoms with Crippen LogP contribution in [0.4, 0.5) is 0 Å². The first kappa shape index (κ1) is 20.1. The summed E-state index contributed by atoms with van der Waals surface area (Å²) in [6, 6.07) is 14.4. The molecule has 0 unspecified atom stereocenters. The second-order valence-corrected chi connectivity index (χ2v) is 7.68. The molecule has 0 aliphatic heterocycles. The zero-order chi connectivity index (χ0) is 19.9. The van der Waals surface area contributed by atoms with E-state index >= 15 is 0 Å². The third kappa shape index (κ3) is 5.21. The zero-order valence-electron chi connectivity index (χ0n) is 15.4. The summed E-state index contributed by atoms with van der Waals surface area (Å²) < 4.78 is 6.65. The predicted molar refractivity (Wildman–Crippen MR) is 115 cm³/mol. The number of H-pyrrole nitrogens is 1. The fraction of sp³-hybridized carbons (Fsp3) is 0.182. The summed E-state index contributed by atoms with van der Waals surface area (Å²) in [6.07, 6.45) is 5.29. The molecule has 3 aromatic rings. The molecule has 3 rings (SSSR count). The molecular formula is C22H20ClNO3S. The number of Topliss-reactive ketones (excluding diaryl/α,β-unsaturated/α-hetero) is 1. The maximum Gasteiger partial charge on any atom is 0.266 e. The van der Waals surface area contributed by atoms with E-state index in [-0.39, 0.29) is 11.3 Å². The molecule has 0 fully saturated rings. The van der Waals surface area contributed by atoms with Crippen LogP contribution in [0.1, 0.15) is 35.7 Å². The first-order valence-corrected chi connectivity index (χ1v) is 10.2. The van der Waals surface area contributed by atoms with E-state index in [1.165, 1.54) is 17.4 Å². The van der Waals surface area contributed by atoms with Crippen molar-refractivity contribution in [1.29, 1.82) is 0 Å². The number of ether oxygens (including phenoxy) is 1. The third-order valence-electron chi connectivity index (χ3n) is 4.03. The molecule has 0 aliphatic rings. The van der Waals surface area contributed by atoms with Gasteiger partial charge in [-0.1, -0.05) is 49.2 Å². The van der Waals surface area contributed by atoms with Gasteiger partial charge in [0.2, 0.25) is 0 Å². The van der Waals surface area contributed by atoms with Crippen molar-refractivity contribution in [2.24, 2.45) is 0 Å². The van der Waals surface area contributed by atoms with Crippen LogP contribution in [-0.4, -0.2) is 17.4 Å². The number of hydrogen-bond donors (Lipinski definition) is 1. The summed E-state index contributed by atoms with van der Waals surface area (Å²) >= 11 is 7.29. The molecule has 1 N–H and O–H groups in total. The minimum atomic E-state index is -0.247. The Morgan fingerprint density at radius 3 is 2.64 bits per heavy atom. The molecule has 0 bridgehead atoms. The summed E-state index contributed by atoms with van der Waals surface area (Å²) in [7, 11) is 0. The van der Waals surface area contributed by atoms with Crippen molar-refractivity contribution in [3.63, 3.8) is 0 Å². The highest BCUT2D eigenvalue weighted by Crippen LogP contribution is 2.16. The molecule has 144 valence electrons. The van der Waals surface area contributed by atoms with Crippen molar-refractivity contribution >= 4 is 40.9 Å². The Labute approximate surface area is 171 Å². The molecule has 2 aromatic carbocycles. The zero-order valence-corrected chi connectivity index (χ0v) is 17.0. The average molecular weight is 414 g/mol. The van der Waals surface area contributed by atoms with Crippen molar-refractivity contribution in [1.82, 2.24) is 4.98 Å². The Morgan fingerprint density at radius 1 is 1.18 bits per heavy atom. The van der Waals surface area contributed by atoms with Gasteiger partial charge in [-0.25, -0.2) is 0 Å². The number of halogens is 1. The highest BCUT2D eigenvalue weighted by molar-refractivity contribution is 7.07. The second-order valence-electron chi connectivity index (χ2n) is 6.19. The second kappa shape index (κ2) is 9.53. The largest absolute Gasteiger partial charge is 0.494 e. The van der Waals surface area contributed by atoms with Gasteiger partial charge < -0.3 is 9.72 Å². The Bertz CT molecular complexity index is 1130. The number of benzene rings is 2. The quantitative estimate of drug-likeness (QED) is 0.474. The van der Waals surface area contributed by atoms with Gasteiger partial charge in [-0.05, 0) is 42.3 Å². The van der Waals surface area contributed by atoms with Gasteiger partial charge in [-0.15, -0.1) is 11.3 Å². The number of carbonyl (C=O) groups is 1. The number of carbonyl (C=O) groups excluding carboxylic acids is 1. The van der Waals surface area contributed by atoms with E-state index in [1.54, 1.807) is 30.3 Å². The van der Waals surface area contributed by atoms with Crippen LogP contribution in [0.5, 0.6) is 5.75 Å². The average Bonchev–Trinajstić information content (AvgIpc) is 3.02. The molecule has 0 amide bonds. The van der Waals surface area contributed by atoms with Crippen LogP contribution in [0.2, 0.25) is 5.02 Å². The lowest BCUT2D eigenvalue weighted by atomic mass is 10.1.